The van der Waals surface area contributed by atoms with Crippen LogP contribution in [0.2, 0.25) is 0 Å². The lowest BCUT2D eigenvalue weighted by Gasteiger charge is -2.30. The average Bonchev–Trinajstić information content (AvgIpc) is 2.86. The molecule has 0 aliphatic carbocycles. The number of hydrogen-bond donors (Lipinski definition) is 1. The van der Waals surface area contributed by atoms with Gasteiger partial charge in [0.1, 0.15) is 0 Å². The normalized spacial score (nSPS) is 13.3. The number of hydrogen-bond acceptors (Lipinski definition) is 4. The third-order valence-electron chi connectivity index (χ3n) is 3.67. The van der Waals surface area contributed by atoms with Crippen LogP contribution >= 0.6 is 0 Å². The second kappa shape index (κ2) is 9.10. The second-order valence-corrected chi connectivity index (χ2v) is 5.55. The minimum atomic E-state index is 0.274. The van der Waals surface area contributed by atoms with Gasteiger partial charge in [-0.3, -0.25) is 4.90 Å². The molecule has 0 aliphatic rings. The number of imidazole rings is 1. The molecule has 1 aromatic heterocycles. The van der Waals surface area contributed by atoms with Crippen molar-refractivity contribution in [1.29, 1.82) is 0 Å². The van der Waals surface area contributed by atoms with Crippen LogP contribution in [0.1, 0.15) is 38.4 Å². The molecule has 0 fully saturated rings. The molecule has 1 rings (SSSR count). The summed E-state index contributed by atoms with van der Waals surface area (Å²) in [5.41, 5.74) is 7.29. The van der Waals surface area contributed by atoms with Gasteiger partial charge in [-0.05, 0) is 40.0 Å². The van der Waals surface area contributed by atoms with Crippen molar-refractivity contribution in [3.63, 3.8) is 0 Å². The first-order valence-corrected chi connectivity index (χ1v) is 7.72. The van der Waals surface area contributed by atoms with E-state index in [1.165, 1.54) is 12.1 Å². The Kier molecular flexibility index (Phi) is 7.80. The molecular weight excluding hydrogens is 250 g/mol. The summed E-state index contributed by atoms with van der Waals surface area (Å²) in [6.45, 7) is 9.27. The summed E-state index contributed by atoms with van der Waals surface area (Å²) in [7, 11) is 4.24. The van der Waals surface area contributed by atoms with Crippen molar-refractivity contribution in [2.75, 3.05) is 40.3 Å². The van der Waals surface area contributed by atoms with Gasteiger partial charge < -0.3 is 15.2 Å². The maximum Gasteiger partial charge on any atom is 0.0948 e. The molecular formula is C15H31N5. The Labute approximate surface area is 123 Å². The van der Waals surface area contributed by atoms with Gasteiger partial charge in [-0.25, -0.2) is 4.98 Å². The quantitative estimate of drug-likeness (QED) is 0.707. The highest BCUT2D eigenvalue weighted by atomic mass is 15.2. The van der Waals surface area contributed by atoms with E-state index in [1.54, 1.807) is 0 Å². The number of nitrogens with zero attached hydrogens (tertiary/aromatic N) is 4. The summed E-state index contributed by atoms with van der Waals surface area (Å²) in [6, 6.07) is 0.274. The zero-order valence-electron chi connectivity index (χ0n) is 13.5. The van der Waals surface area contributed by atoms with Gasteiger partial charge in [0.2, 0.25) is 0 Å². The van der Waals surface area contributed by atoms with Gasteiger partial charge in [0.25, 0.3) is 0 Å². The van der Waals surface area contributed by atoms with E-state index in [0.29, 0.717) is 6.54 Å². The van der Waals surface area contributed by atoms with E-state index in [0.717, 1.165) is 32.6 Å². The van der Waals surface area contributed by atoms with Crippen LogP contribution in [-0.4, -0.2) is 59.6 Å². The maximum absolute atomic E-state index is 6.04. The number of aryl methyl sites for hydroxylation is 1. The first kappa shape index (κ1) is 17.1. The van der Waals surface area contributed by atoms with Gasteiger partial charge in [-0.2, -0.15) is 0 Å². The highest BCUT2D eigenvalue weighted by Crippen LogP contribution is 2.20. The minimum Gasteiger partial charge on any atom is -0.333 e. The lowest BCUT2D eigenvalue weighted by Crippen LogP contribution is -2.36. The van der Waals surface area contributed by atoms with Gasteiger partial charge in [-0.15, -0.1) is 0 Å². The molecule has 1 aromatic rings. The molecule has 0 bridgehead atoms. The van der Waals surface area contributed by atoms with Crippen molar-refractivity contribution >= 4 is 0 Å². The van der Waals surface area contributed by atoms with Gasteiger partial charge >= 0.3 is 0 Å². The van der Waals surface area contributed by atoms with E-state index in [9.17, 15) is 0 Å². The van der Waals surface area contributed by atoms with Crippen LogP contribution in [0.4, 0.5) is 0 Å². The summed E-state index contributed by atoms with van der Waals surface area (Å²) in [5.74, 6) is 0. The van der Waals surface area contributed by atoms with Crippen molar-refractivity contribution in [2.45, 2.75) is 39.3 Å². The Morgan fingerprint density at radius 3 is 2.60 bits per heavy atom. The van der Waals surface area contributed by atoms with Crippen LogP contribution in [0.5, 0.6) is 0 Å². The predicted octanol–water partition coefficient (Wildman–Crippen LogP) is 1.57. The highest BCUT2D eigenvalue weighted by Gasteiger charge is 2.20. The van der Waals surface area contributed by atoms with Crippen molar-refractivity contribution in [3.05, 3.63) is 18.2 Å². The Bertz CT molecular complexity index is 361. The molecule has 5 nitrogen and oxygen atoms in total. The monoisotopic (exact) mass is 281 g/mol. The SMILES string of the molecule is CCCn1cncc1C(CN)N(CC)CCCN(C)C. The molecule has 0 saturated carbocycles. The smallest absolute Gasteiger partial charge is 0.0948 e. The summed E-state index contributed by atoms with van der Waals surface area (Å²) >= 11 is 0. The fraction of sp³-hybridized carbons (Fsp3) is 0.800. The minimum absolute atomic E-state index is 0.274. The topological polar surface area (TPSA) is 50.3 Å². The van der Waals surface area contributed by atoms with Crippen molar-refractivity contribution in [2.24, 2.45) is 5.73 Å². The Balaban J connectivity index is 2.72. The molecule has 0 spiro atoms. The van der Waals surface area contributed by atoms with Crippen molar-refractivity contribution in [3.8, 4) is 0 Å². The number of likely N-dealkylation sites (N-methyl/N-ethyl adjacent to an activating group) is 1. The summed E-state index contributed by atoms with van der Waals surface area (Å²) < 4.78 is 2.24. The van der Waals surface area contributed by atoms with Crippen molar-refractivity contribution in [1.82, 2.24) is 19.4 Å². The summed E-state index contributed by atoms with van der Waals surface area (Å²) in [5, 5.41) is 0. The van der Waals surface area contributed by atoms with E-state index in [1.807, 2.05) is 12.5 Å². The Morgan fingerprint density at radius 2 is 2.05 bits per heavy atom. The van der Waals surface area contributed by atoms with Crippen LogP contribution < -0.4 is 5.73 Å². The highest BCUT2D eigenvalue weighted by molar-refractivity contribution is 5.06. The van der Waals surface area contributed by atoms with E-state index < -0.39 is 0 Å². The van der Waals surface area contributed by atoms with Crippen LogP contribution in [0.25, 0.3) is 0 Å². The maximum atomic E-state index is 6.04. The van der Waals surface area contributed by atoms with Crippen LogP contribution in [0.3, 0.4) is 0 Å². The molecule has 0 aliphatic heterocycles. The third kappa shape index (κ3) is 4.89. The van der Waals surface area contributed by atoms with Gasteiger partial charge in [0.15, 0.2) is 0 Å². The molecule has 1 atom stereocenters. The molecule has 1 unspecified atom stereocenters. The first-order valence-electron chi connectivity index (χ1n) is 7.72. The number of rotatable bonds is 10. The number of nitrogens with two attached hydrogens (primary N) is 1. The van der Waals surface area contributed by atoms with Gasteiger partial charge in [0, 0.05) is 25.8 Å². The molecule has 0 radical (unpaired) electrons. The summed E-state index contributed by atoms with van der Waals surface area (Å²) in [6.07, 6.45) is 6.18. The second-order valence-electron chi connectivity index (χ2n) is 5.55. The zero-order chi connectivity index (χ0) is 15.0. The third-order valence-corrected chi connectivity index (χ3v) is 3.67. The largest absolute Gasteiger partial charge is 0.333 e. The van der Waals surface area contributed by atoms with Gasteiger partial charge in [-0.1, -0.05) is 13.8 Å². The van der Waals surface area contributed by atoms with E-state index in [2.05, 4.69) is 47.3 Å². The summed E-state index contributed by atoms with van der Waals surface area (Å²) in [4.78, 5) is 9.00. The standard InChI is InChI=1S/C15H31N5/c1-5-8-20-13-17-12-15(20)14(11-16)19(6-2)10-7-9-18(3)4/h12-14H,5-11,16H2,1-4H3. The lowest BCUT2D eigenvalue weighted by atomic mass is 10.1. The molecule has 0 saturated heterocycles. The fourth-order valence-electron chi connectivity index (χ4n) is 2.62. The van der Waals surface area contributed by atoms with Crippen LogP contribution in [0.15, 0.2) is 12.5 Å². The van der Waals surface area contributed by atoms with Gasteiger partial charge in [0.05, 0.1) is 18.1 Å². The molecule has 1 heterocycles. The Hall–Kier alpha value is -0.910. The molecule has 116 valence electrons. The van der Waals surface area contributed by atoms with Crippen molar-refractivity contribution < 1.29 is 0 Å². The average molecular weight is 281 g/mol. The Morgan fingerprint density at radius 1 is 1.30 bits per heavy atom. The molecule has 20 heavy (non-hydrogen) atoms. The predicted molar refractivity (Wildman–Crippen MR) is 84.7 cm³/mol. The zero-order valence-corrected chi connectivity index (χ0v) is 13.5. The molecule has 2 N–H and O–H groups in total. The van der Waals surface area contributed by atoms with E-state index >= 15 is 0 Å². The fourth-order valence-corrected chi connectivity index (χ4v) is 2.62. The van der Waals surface area contributed by atoms with Crippen LogP contribution in [0, 0.1) is 0 Å². The molecule has 0 amide bonds. The molecule has 5 heteroatoms. The number of aromatic nitrogens is 2. The van der Waals surface area contributed by atoms with E-state index in [4.69, 9.17) is 5.73 Å². The molecule has 0 aromatic carbocycles. The lowest BCUT2D eigenvalue weighted by molar-refractivity contribution is 0.194. The van der Waals surface area contributed by atoms with E-state index in [-0.39, 0.29) is 6.04 Å². The first-order chi connectivity index (χ1) is 9.63. The van der Waals surface area contributed by atoms with Crippen LogP contribution in [-0.2, 0) is 6.54 Å².